The molecule has 0 aromatic carbocycles. The SMILES string of the molecule is C=C(C)C(=O)O.C=C(C)C(=O)O.C=CC#N.C=CC=C. The van der Waals surface area contributed by atoms with Crippen molar-refractivity contribution in [2.45, 2.75) is 13.8 Å². The highest BCUT2D eigenvalue weighted by molar-refractivity contribution is 5.85. The molecule has 0 aliphatic carbocycles. The van der Waals surface area contributed by atoms with Gasteiger partial charge in [-0.05, 0) is 13.8 Å². The van der Waals surface area contributed by atoms with Gasteiger partial charge in [0.15, 0.2) is 0 Å². The summed E-state index contributed by atoms with van der Waals surface area (Å²) in [6.07, 6.45) is 4.46. The molecular formula is C15H21NO4. The molecule has 5 nitrogen and oxygen atoms in total. The van der Waals surface area contributed by atoms with Gasteiger partial charge in [0, 0.05) is 17.2 Å². The van der Waals surface area contributed by atoms with Crippen LogP contribution < -0.4 is 0 Å². The van der Waals surface area contributed by atoms with Crippen LogP contribution in [0.3, 0.4) is 0 Å². The van der Waals surface area contributed by atoms with E-state index in [2.05, 4.69) is 32.9 Å². The Hall–Kier alpha value is -2.87. The molecule has 0 saturated carbocycles. The summed E-state index contributed by atoms with van der Waals surface area (Å²) in [5, 5.41) is 23.3. The summed E-state index contributed by atoms with van der Waals surface area (Å²) < 4.78 is 0. The number of nitriles is 1. The summed E-state index contributed by atoms with van der Waals surface area (Å²) in [7, 11) is 0. The van der Waals surface area contributed by atoms with E-state index >= 15 is 0 Å². The normalized spacial score (nSPS) is 6.25. The van der Waals surface area contributed by atoms with Gasteiger partial charge in [-0.25, -0.2) is 9.59 Å². The van der Waals surface area contributed by atoms with Gasteiger partial charge in [0.1, 0.15) is 0 Å². The molecule has 0 saturated heterocycles. The molecule has 0 rings (SSSR count). The molecule has 0 atom stereocenters. The van der Waals surface area contributed by atoms with Crippen molar-refractivity contribution < 1.29 is 19.8 Å². The van der Waals surface area contributed by atoms with E-state index in [0.29, 0.717) is 0 Å². The van der Waals surface area contributed by atoms with Crippen LogP contribution in [0.1, 0.15) is 13.8 Å². The highest BCUT2D eigenvalue weighted by atomic mass is 16.4. The zero-order chi connectivity index (χ0) is 17.1. The van der Waals surface area contributed by atoms with E-state index in [1.54, 1.807) is 18.2 Å². The molecule has 0 bridgehead atoms. The molecule has 0 spiro atoms. The first-order valence-corrected chi connectivity index (χ1v) is 5.13. The van der Waals surface area contributed by atoms with Crippen LogP contribution in [0.2, 0.25) is 0 Å². The number of carbonyl (C=O) groups is 2. The zero-order valence-corrected chi connectivity index (χ0v) is 11.9. The molecule has 0 aromatic heterocycles. The fourth-order valence-corrected chi connectivity index (χ4v) is 0. The van der Waals surface area contributed by atoms with Crippen LogP contribution in [0.5, 0.6) is 0 Å². The van der Waals surface area contributed by atoms with Crippen LogP contribution in [0.4, 0.5) is 0 Å². The van der Waals surface area contributed by atoms with Gasteiger partial charge in [-0.15, -0.1) is 0 Å². The highest BCUT2D eigenvalue weighted by Gasteiger charge is 1.90. The Morgan fingerprint density at radius 2 is 1.10 bits per heavy atom. The summed E-state index contributed by atoms with van der Waals surface area (Å²) in [6.45, 7) is 19.0. The van der Waals surface area contributed by atoms with E-state index in [1.807, 2.05) is 0 Å². The molecule has 5 heteroatoms. The highest BCUT2D eigenvalue weighted by Crippen LogP contribution is 1.81. The number of carboxylic acid groups (broad SMARTS) is 2. The van der Waals surface area contributed by atoms with Gasteiger partial charge in [-0.1, -0.05) is 45.0 Å². The van der Waals surface area contributed by atoms with Crippen molar-refractivity contribution in [2.24, 2.45) is 0 Å². The second kappa shape index (κ2) is 21.4. The lowest BCUT2D eigenvalue weighted by Crippen LogP contribution is -1.92. The predicted octanol–water partition coefficient (Wildman–Crippen LogP) is 3.35. The first kappa shape index (κ1) is 25.9. The third-order valence-corrected chi connectivity index (χ3v) is 0.988. The van der Waals surface area contributed by atoms with Crippen LogP contribution >= 0.6 is 0 Å². The van der Waals surface area contributed by atoms with Crippen LogP contribution in [-0.2, 0) is 9.59 Å². The molecule has 0 amide bonds. The van der Waals surface area contributed by atoms with E-state index in [0.717, 1.165) is 0 Å². The van der Waals surface area contributed by atoms with Gasteiger partial charge in [0.2, 0.25) is 0 Å². The van der Waals surface area contributed by atoms with Crippen molar-refractivity contribution >= 4 is 11.9 Å². The van der Waals surface area contributed by atoms with Gasteiger partial charge in [0.05, 0.1) is 6.07 Å². The van der Waals surface area contributed by atoms with E-state index in [9.17, 15) is 9.59 Å². The Kier molecular flexibility index (Phi) is 27.7. The Labute approximate surface area is 120 Å². The van der Waals surface area contributed by atoms with Crippen LogP contribution in [-0.4, -0.2) is 22.2 Å². The summed E-state index contributed by atoms with van der Waals surface area (Å²) in [5.74, 6) is -1.87. The Morgan fingerprint density at radius 1 is 0.950 bits per heavy atom. The number of aliphatic carboxylic acids is 2. The maximum absolute atomic E-state index is 9.60. The minimum Gasteiger partial charge on any atom is -0.478 e. The van der Waals surface area contributed by atoms with Gasteiger partial charge < -0.3 is 10.2 Å². The minimum absolute atomic E-state index is 0.176. The molecular weight excluding hydrogens is 258 g/mol. The second-order valence-electron chi connectivity index (χ2n) is 2.98. The van der Waals surface area contributed by atoms with E-state index < -0.39 is 11.9 Å². The summed E-state index contributed by atoms with van der Waals surface area (Å²) in [6, 6.07) is 1.69. The molecule has 110 valence electrons. The fourth-order valence-electron chi connectivity index (χ4n) is 0. The Balaban J connectivity index is -0.0000000871. The summed E-state index contributed by atoms with van der Waals surface area (Å²) >= 11 is 0. The van der Waals surface area contributed by atoms with Crippen LogP contribution in [0, 0.1) is 11.3 Å². The summed E-state index contributed by atoms with van der Waals surface area (Å²) in [5.41, 5.74) is 0.352. The van der Waals surface area contributed by atoms with Gasteiger partial charge in [-0.2, -0.15) is 5.26 Å². The average molecular weight is 279 g/mol. The van der Waals surface area contributed by atoms with Crippen molar-refractivity contribution in [1.29, 1.82) is 5.26 Å². The van der Waals surface area contributed by atoms with Crippen molar-refractivity contribution in [3.05, 3.63) is 62.3 Å². The van der Waals surface area contributed by atoms with E-state index in [4.69, 9.17) is 15.5 Å². The van der Waals surface area contributed by atoms with Gasteiger partial charge in [0.25, 0.3) is 0 Å². The molecule has 0 aliphatic heterocycles. The van der Waals surface area contributed by atoms with Gasteiger partial charge >= 0.3 is 11.9 Å². The Morgan fingerprint density at radius 3 is 1.10 bits per heavy atom. The smallest absolute Gasteiger partial charge is 0.330 e. The number of rotatable bonds is 3. The van der Waals surface area contributed by atoms with Crippen molar-refractivity contribution in [3.8, 4) is 6.07 Å². The number of nitrogens with zero attached hydrogens (tertiary/aromatic N) is 1. The monoisotopic (exact) mass is 279 g/mol. The fraction of sp³-hybridized carbons (Fsp3) is 0.133. The van der Waals surface area contributed by atoms with Crippen molar-refractivity contribution in [1.82, 2.24) is 0 Å². The number of allylic oxidation sites excluding steroid dienone is 3. The Bertz CT molecular complexity index is 347. The number of hydrogen-bond donors (Lipinski definition) is 2. The molecule has 0 heterocycles. The molecule has 0 radical (unpaired) electrons. The van der Waals surface area contributed by atoms with Crippen LogP contribution in [0.25, 0.3) is 0 Å². The van der Waals surface area contributed by atoms with Gasteiger partial charge in [-0.3, -0.25) is 0 Å². The first-order valence-electron chi connectivity index (χ1n) is 5.13. The van der Waals surface area contributed by atoms with E-state index in [1.165, 1.54) is 19.9 Å². The minimum atomic E-state index is -0.935. The first-order chi connectivity index (χ1) is 9.11. The van der Waals surface area contributed by atoms with Crippen molar-refractivity contribution in [3.63, 3.8) is 0 Å². The topological polar surface area (TPSA) is 98.4 Å². The molecule has 0 fully saturated rings. The van der Waals surface area contributed by atoms with Crippen molar-refractivity contribution in [2.75, 3.05) is 0 Å². The lowest BCUT2D eigenvalue weighted by atomic mass is 10.4. The second-order valence-corrected chi connectivity index (χ2v) is 2.98. The average Bonchev–Trinajstić information content (AvgIpc) is 2.39. The standard InChI is InChI=1S/2C4H6O2.C4H6.C3H3N/c2*1-3(2)4(5)6;1-3-4-2;1-2-3-4/h2*1H2,2H3,(H,5,6);3-4H,1-2H2;2H,1H2. The van der Waals surface area contributed by atoms with E-state index in [-0.39, 0.29) is 11.1 Å². The summed E-state index contributed by atoms with van der Waals surface area (Å²) in [4.78, 5) is 19.2. The maximum atomic E-state index is 9.60. The third kappa shape index (κ3) is 59.4. The largest absolute Gasteiger partial charge is 0.478 e. The van der Waals surface area contributed by atoms with Crippen LogP contribution in [0.15, 0.2) is 62.3 Å². The maximum Gasteiger partial charge on any atom is 0.330 e. The number of hydrogen-bond acceptors (Lipinski definition) is 3. The molecule has 0 aliphatic rings. The molecule has 20 heavy (non-hydrogen) atoms. The lowest BCUT2D eigenvalue weighted by molar-refractivity contribution is -0.133. The molecule has 0 unspecified atom stereocenters. The molecule has 0 aromatic rings. The quantitative estimate of drug-likeness (QED) is 0.469. The zero-order valence-electron chi connectivity index (χ0n) is 11.9. The predicted molar refractivity (Wildman–Crippen MR) is 81.1 cm³/mol. The lowest BCUT2D eigenvalue weighted by Gasteiger charge is -1.79. The number of carboxylic acids is 2. The molecule has 2 N–H and O–H groups in total. The third-order valence-electron chi connectivity index (χ3n) is 0.988.